The van der Waals surface area contributed by atoms with E-state index in [1.54, 1.807) is 65.8 Å². The van der Waals surface area contributed by atoms with Gasteiger partial charge in [0.15, 0.2) is 0 Å². The molecule has 0 aliphatic rings. The van der Waals surface area contributed by atoms with E-state index in [4.69, 9.17) is 9.47 Å². The number of ether oxygens (including phenoxy) is 2. The Bertz CT molecular complexity index is 613. The lowest BCUT2D eigenvalue weighted by Gasteiger charge is -2.33. The smallest absolute Gasteiger partial charge is 0.415 e. The van der Waals surface area contributed by atoms with E-state index in [0.717, 1.165) is 6.29 Å². The van der Waals surface area contributed by atoms with Crippen molar-refractivity contribution in [3.05, 3.63) is 30.3 Å². The molecule has 0 aliphatic carbocycles. The molecule has 0 fully saturated rings. The van der Waals surface area contributed by atoms with Crippen molar-refractivity contribution in [3.8, 4) is 0 Å². The van der Waals surface area contributed by atoms with Gasteiger partial charge in [-0.1, -0.05) is 18.2 Å². The van der Waals surface area contributed by atoms with E-state index in [1.165, 1.54) is 4.90 Å². The molecule has 0 saturated heterocycles. The van der Waals surface area contributed by atoms with Crippen LogP contribution < -0.4 is 4.90 Å². The van der Waals surface area contributed by atoms with E-state index in [-0.39, 0.29) is 12.8 Å². The second-order valence-corrected chi connectivity index (χ2v) is 7.98. The summed E-state index contributed by atoms with van der Waals surface area (Å²) < 4.78 is 11.0. The Hall–Kier alpha value is -2.37. The highest BCUT2D eigenvalue weighted by Crippen LogP contribution is 2.24. The van der Waals surface area contributed by atoms with Gasteiger partial charge in [0, 0.05) is 12.1 Å². The lowest BCUT2D eigenvalue weighted by Crippen LogP contribution is -2.49. The van der Waals surface area contributed by atoms with Crippen LogP contribution in [0.4, 0.5) is 10.5 Å². The van der Waals surface area contributed by atoms with Crippen molar-refractivity contribution in [3.63, 3.8) is 0 Å². The van der Waals surface area contributed by atoms with Gasteiger partial charge in [-0.3, -0.25) is 4.90 Å². The number of hydrogen-bond donors (Lipinski definition) is 0. The molecule has 1 amide bonds. The third kappa shape index (κ3) is 7.25. The van der Waals surface area contributed by atoms with Crippen LogP contribution in [0.1, 0.15) is 54.4 Å². The number of para-hydroxylation sites is 1. The number of benzene rings is 1. The third-order valence-corrected chi connectivity index (χ3v) is 3.17. The SMILES string of the molecule is CC(C)(C)OC(=O)[C@H](CCC=O)N(C(=O)OC(C)(C)C)c1ccccc1. The molecule has 1 aromatic carbocycles. The standard InChI is InChI=1S/C20H29NO5/c1-19(2,3)25-17(23)16(13-10-14-22)21(15-11-8-7-9-12-15)18(24)26-20(4,5)6/h7-9,11-12,14,16H,10,13H2,1-6H3/t16-/m0/s1. The minimum atomic E-state index is -0.961. The maximum Gasteiger partial charge on any atom is 0.415 e. The van der Waals surface area contributed by atoms with Gasteiger partial charge in [0.25, 0.3) is 0 Å². The van der Waals surface area contributed by atoms with E-state index in [1.807, 2.05) is 6.07 Å². The van der Waals surface area contributed by atoms with Crippen molar-refractivity contribution in [2.24, 2.45) is 0 Å². The number of carbonyl (C=O) groups is 3. The summed E-state index contributed by atoms with van der Waals surface area (Å²) in [7, 11) is 0. The molecule has 0 aromatic heterocycles. The molecule has 6 nitrogen and oxygen atoms in total. The summed E-state index contributed by atoms with van der Waals surface area (Å²) in [6, 6.07) is 7.79. The zero-order valence-corrected chi connectivity index (χ0v) is 16.4. The molecule has 1 rings (SSSR count). The number of esters is 1. The van der Waals surface area contributed by atoms with Gasteiger partial charge in [0.2, 0.25) is 0 Å². The molecule has 0 N–H and O–H groups in total. The normalized spacial score (nSPS) is 12.8. The van der Waals surface area contributed by atoms with Gasteiger partial charge < -0.3 is 14.3 Å². The highest BCUT2D eigenvalue weighted by molar-refractivity contribution is 5.96. The van der Waals surface area contributed by atoms with E-state index >= 15 is 0 Å². The van der Waals surface area contributed by atoms with E-state index in [9.17, 15) is 14.4 Å². The molecule has 0 spiro atoms. The molecular weight excluding hydrogens is 334 g/mol. The van der Waals surface area contributed by atoms with Crippen molar-refractivity contribution in [2.75, 3.05) is 4.90 Å². The predicted octanol–water partition coefficient (Wildman–Crippen LogP) is 4.12. The number of anilines is 1. The van der Waals surface area contributed by atoms with Gasteiger partial charge in [-0.2, -0.15) is 0 Å². The second kappa shape index (κ2) is 8.83. The van der Waals surface area contributed by atoms with E-state index < -0.39 is 29.3 Å². The summed E-state index contributed by atoms with van der Waals surface area (Å²) in [5.74, 6) is -0.575. The van der Waals surface area contributed by atoms with Crippen molar-refractivity contribution in [1.29, 1.82) is 0 Å². The first kappa shape index (κ1) is 21.7. The Morgan fingerprint density at radius 1 is 1.00 bits per heavy atom. The zero-order valence-electron chi connectivity index (χ0n) is 16.4. The first-order valence-electron chi connectivity index (χ1n) is 8.68. The van der Waals surface area contributed by atoms with Crippen LogP contribution in [0.3, 0.4) is 0 Å². The van der Waals surface area contributed by atoms with Gasteiger partial charge in [0.05, 0.1) is 0 Å². The van der Waals surface area contributed by atoms with Gasteiger partial charge >= 0.3 is 12.1 Å². The quantitative estimate of drug-likeness (QED) is 0.561. The largest absolute Gasteiger partial charge is 0.458 e. The summed E-state index contributed by atoms with van der Waals surface area (Å²) in [6.45, 7) is 10.5. The van der Waals surface area contributed by atoms with E-state index in [2.05, 4.69) is 0 Å². The van der Waals surface area contributed by atoms with Crippen LogP contribution >= 0.6 is 0 Å². The van der Waals surface area contributed by atoms with Crippen molar-refractivity contribution < 1.29 is 23.9 Å². The molecule has 0 saturated carbocycles. The number of rotatable bonds is 6. The minimum absolute atomic E-state index is 0.121. The Labute approximate surface area is 155 Å². The molecule has 144 valence electrons. The Morgan fingerprint density at radius 3 is 2.00 bits per heavy atom. The maximum absolute atomic E-state index is 12.8. The van der Waals surface area contributed by atoms with Gasteiger partial charge in [-0.15, -0.1) is 0 Å². The van der Waals surface area contributed by atoms with Crippen molar-refractivity contribution in [2.45, 2.75) is 71.6 Å². The monoisotopic (exact) mass is 363 g/mol. The van der Waals surface area contributed by atoms with Crippen LogP contribution in [-0.4, -0.2) is 35.6 Å². The second-order valence-electron chi connectivity index (χ2n) is 7.98. The number of aldehydes is 1. The lowest BCUT2D eigenvalue weighted by atomic mass is 10.1. The van der Waals surface area contributed by atoms with Gasteiger partial charge in [-0.25, -0.2) is 9.59 Å². The molecular formula is C20H29NO5. The third-order valence-electron chi connectivity index (χ3n) is 3.17. The molecule has 1 aromatic rings. The van der Waals surface area contributed by atoms with Gasteiger partial charge in [0.1, 0.15) is 23.5 Å². The first-order valence-corrected chi connectivity index (χ1v) is 8.68. The fourth-order valence-corrected chi connectivity index (χ4v) is 2.26. The summed E-state index contributed by atoms with van der Waals surface area (Å²) in [6.07, 6.45) is 0.323. The molecule has 0 heterocycles. The first-order chi connectivity index (χ1) is 11.9. The van der Waals surface area contributed by atoms with Gasteiger partial charge in [-0.05, 0) is 60.1 Å². The zero-order chi connectivity index (χ0) is 20.0. The van der Waals surface area contributed by atoms with Crippen LogP contribution in [0.5, 0.6) is 0 Å². The minimum Gasteiger partial charge on any atom is -0.458 e. The van der Waals surface area contributed by atoms with Crippen LogP contribution in [0.2, 0.25) is 0 Å². The van der Waals surface area contributed by atoms with Crippen LogP contribution in [0.15, 0.2) is 30.3 Å². The van der Waals surface area contributed by atoms with Crippen LogP contribution in [0, 0.1) is 0 Å². The number of amides is 1. The molecule has 0 bridgehead atoms. The summed E-state index contributed by atoms with van der Waals surface area (Å²) in [4.78, 5) is 37.8. The summed E-state index contributed by atoms with van der Waals surface area (Å²) >= 11 is 0. The number of hydrogen-bond acceptors (Lipinski definition) is 5. The predicted molar refractivity (Wildman–Crippen MR) is 100 cm³/mol. The van der Waals surface area contributed by atoms with Crippen LogP contribution in [0.25, 0.3) is 0 Å². The van der Waals surface area contributed by atoms with Crippen LogP contribution in [-0.2, 0) is 19.1 Å². The topological polar surface area (TPSA) is 72.9 Å². The number of carbonyl (C=O) groups excluding carboxylic acids is 3. The van der Waals surface area contributed by atoms with Crippen molar-refractivity contribution >= 4 is 24.0 Å². The highest BCUT2D eigenvalue weighted by atomic mass is 16.6. The van der Waals surface area contributed by atoms with E-state index in [0.29, 0.717) is 5.69 Å². The fourth-order valence-electron chi connectivity index (χ4n) is 2.26. The molecule has 1 atom stereocenters. The highest BCUT2D eigenvalue weighted by Gasteiger charge is 2.36. The molecule has 0 unspecified atom stereocenters. The average Bonchev–Trinajstić information content (AvgIpc) is 2.48. The summed E-state index contributed by atoms with van der Waals surface area (Å²) in [5.41, 5.74) is -0.941. The molecule has 0 aliphatic heterocycles. The fraction of sp³-hybridized carbons (Fsp3) is 0.550. The maximum atomic E-state index is 12.8. The molecule has 0 radical (unpaired) electrons. The number of nitrogens with zero attached hydrogens (tertiary/aromatic N) is 1. The Morgan fingerprint density at radius 2 is 1.54 bits per heavy atom. The Balaban J connectivity index is 3.29. The average molecular weight is 363 g/mol. The van der Waals surface area contributed by atoms with Crippen molar-refractivity contribution in [1.82, 2.24) is 0 Å². The molecule has 6 heteroatoms. The molecule has 26 heavy (non-hydrogen) atoms. The summed E-state index contributed by atoms with van der Waals surface area (Å²) in [5, 5.41) is 0. The lowest BCUT2D eigenvalue weighted by molar-refractivity contribution is -0.156. The Kier molecular flexibility index (Phi) is 7.36.